The smallest absolute Gasteiger partial charge is 0.164 e. The van der Waals surface area contributed by atoms with E-state index in [2.05, 4.69) is 115 Å². The molecule has 10 aromatic rings. The van der Waals surface area contributed by atoms with Gasteiger partial charge in [0.05, 0.1) is 5.41 Å². The van der Waals surface area contributed by atoms with Crippen molar-refractivity contribution in [2.24, 2.45) is 0 Å². The van der Waals surface area contributed by atoms with Gasteiger partial charge in [-0.15, -0.1) is 0 Å². The highest BCUT2D eigenvalue weighted by Gasteiger charge is 2.46. The number of fused-ring (bicyclic) bond motifs is 8. The van der Waals surface area contributed by atoms with Gasteiger partial charge in [-0.3, -0.25) is 0 Å². The molecule has 1 aliphatic rings. The Morgan fingerprint density at radius 3 is 1.67 bits per heavy atom. The van der Waals surface area contributed by atoms with Gasteiger partial charge in [-0.25, -0.2) is 15.0 Å². The topological polar surface area (TPSA) is 51.8 Å². The lowest BCUT2D eigenvalue weighted by molar-refractivity contribution is 0.668. The van der Waals surface area contributed by atoms with E-state index in [9.17, 15) is 0 Å². The number of rotatable bonds is 5. The highest BCUT2D eigenvalue weighted by molar-refractivity contribution is 6.08. The molecule has 54 heavy (non-hydrogen) atoms. The van der Waals surface area contributed by atoms with Crippen LogP contribution < -0.4 is 0 Å². The average Bonchev–Trinajstić information content (AvgIpc) is 3.78. The molecule has 11 rings (SSSR count). The van der Waals surface area contributed by atoms with Crippen molar-refractivity contribution < 1.29 is 4.42 Å². The Labute approximate surface area is 312 Å². The van der Waals surface area contributed by atoms with Gasteiger partial charge in [-0.1, -0.05) is 158 Å². The van der Waals surface area contributed by atoms with Gasteiger partial charge in [-0.2, -0.15) is 0 Å². The molecule has 1 unspecified atom stereocenters. The van der Waals surface area contributed by atoms with Gasteiger partial charge in [0.2, 0.25) is 0 Å². The number of furan rings is 1. The molecule has 0 saturated carbocycles. The molecule has 0 spiro atoms. The first-order valence-corrected chi connectivity index (χ1v) is 18.3. The summed E-state index contributed by atoms with van der Waals surface area (Å²) in [5.41, 5.74) is 11.4. The largest absolute Gasteiger partial charge is 0.456 e. The zero-order chi connectivity index (χ0) is 35.6. The number of hydrogen-bond donors (Lipinski definition) is 0. The maximum absolute atomic E-state index is 6.53. The van der Waals surface area contributed by atoms with Crippen LogP contribution in [0.15, 0.2) is 192 Å². The first kappa shape index (κ1) is 30.5. The summed E-state index contributed by atoms with van der Waals surface area (Å²) in [6.07, 6.45) is 0. The van der Waals surface area contributed by atoms with Crippen LogP contribution in [0.2, 0.25) is 0 Å². The zero-order valence-electron chi connectivity index (χ0n) is 29.1. The summed E-state index contributed by atoms with van der Waals surface area (Å²) in [6.45, 7) is 0. The molecule has 0 fully saturated rings. The van der Waals surface area contributed by atoms with Crippen molar-refractivity contribution in [1.82, 2.24) is 15.0 Å². The second kappa shape index (κ2) is 11.9. The van der Waals surface area contributed by atoms with Crippen LogP contribution in [0.25, 0.3) is 78.0 Å². The van der Waals surface area contributed by atoms with Crippen molar-refractivity contribution >= 4 is 32.7 Å². The standard InChI is InChI=1S/C50H31N3O/c1-4-15-33(16-5-1)47-51-48(34-17-6-2-7-18-34)53-49(52-47)35-25-28-44-40(30-35)41-31-37(26-29-45(41)54-44)50(36-19-8-3-9-20-36)42-23-13-12-22-39(42)46-38-21-11-10-14-32(38)24-27-43(46)50/h1-31H. The molecule has 2 heterocycles. The number of hydrogen-bond acceptors (Lipinski definition) is 4. The fourth-order valence-electron chi connectivity index (χ4n) is 8.61. The van der Waals surface area contributed by atoms with Crippen LogP contribution in [-0.2, 0) is 5.41 Å². The van der Waals surface area contributed by atoms with Crippen LogP contribution in [0.3, 0.4) is 0 Å². The Hall–Kier alpha value is -7.17. The lowest BCUT2D eigenvalue weighted by Gasteiger charge is -2.34. The van der Waals surface area contributed by atoms with E-state index in [4.69, 9.17) is 19.4 Å². The minimum atomic E-state index is -0.546. The van der Waals surface area contributed by atoms with Crippen molar-refractivity contribution in [2.75, 3.05) is 0 Å². The minimum absolute atomic E-state index is 0.546. The molecule has 0 amide bonds. The lowest BCUT2D eigenvalue weighted by atomic mass is 9.67. The van der Waals surface area contributed by atoms with Crippen molar-refractivity contribution in [1.29, 1.82) is 0 Å². The Kier molecular flexibility index (Phi) is 6.73. The van der Waals surface area contributed by atoms with Crippen molar-refractivity contribution in [3.8, 4) is 45.3 Å². The molecule has 0 radical (unpaired) electrons. The summed E-state index contributed by atoms with van der Waals surface area (Å²) in [4.78, 5) is 15.0. The van der Waals surface area contributed by atoms with E-state index in [-0.39, 0.29) is 0 Å². The Bertz CT molecular complexity index is 2990. The maximum atomic E-state index is 6.53. The Morgan fingerprint density at radius 2 is 0.944 bits per heavy atom. The summed E-state index contributed by atoms with van der Waals surface area (Å²) >= 11 is 0. The molecule has 1 atom stereocenters. The SMILES string of the molecule is c1ccc(-c2nc(-c3ccccc3)nc(-c3ccc4oc5ccc(C6(c7ccccc7)c7ccccc7-c7c6ccc6ccccc76)cc5c4c3)n2)cc1. The van der Waals surface area contributed by atoms with Crippen LogP contribution in [0.4, 0.5) is 0 Å². The highest BCUT2D eigenvalue weighted by Crippen LogP contribution is 2.58. The molecular formula is C50H31N3O. The second-order valence-electron chi connectivity index (χ2n) is 13.9. The van der Waals surface area contributed by atoms with Crippen molar-refractivity contribution in [3.63, 3.8) is 0 Å². The van der Waals surface area contributed by atoms with Crippen LogP contribution in [0, 0.1) is 0 Å². The number of nitrogens with zero attached hydrogens (tertiary/aromatic N) is 3. The minimum Gasteiger partial charge on any atom is -0.456 e. The van der Waals surface area contributed by atoms with Crippen LogP contribution in [0.5, 0.6) is 0 Å². The first-order chi connectivity index (χ1) is 26.8. The van der Waals surface area contributed by atoms with Gasteiger partial charge < -0.3 is 4.42 Å². The molecule has 0 aliphatic heterocycles. The molecule has 0 bridgehead atoms. The summed E-state index contributed by atoms with van der Waals surface area (Å²) in [7, 11) is 0. The molecule has 2 aromatic heterocycles. The third-order valence-corrected chi connectivity index (χ3v) is 11.0. The van der Waals surface area contributed by atoms with Crippen LogP contribution >= 0.6 is 0 Å². The van der Waals surface area contributed by atoms with Crippen molar-refractivity contribution in [3.05, 3.63) is 210 Å². The summed E-state index contributed by atoms with van der Waals surface area (Å²) < 4.78 is 6.53. The summed E-state index contributed by atoms with van der Waals surface area (Å²) in [5.74, 6) is 1.88. The second-order valence-corrected chi connectivity index (χ2v) is 13.9. The molecule has 4 heteroatoms. The zero-order valence-corrected chi connectivity index (χ0v) is 29.1. The fourth-order valence-corrected chi connectivity index (χ4v) is 8.61. The van der Waals surface area contributed by atoms with E-state index in [0.717, 1.165) is 38.6 Å². The number of benzene rings is 8. The third-order valence-electron chi connectivity index (χ3n) is 11.0. The van der Waals surface area contributed by atoms with E-state index in [1.54, 1.807) is 0 Å². The monoisotopic (exact) mass is 689 g/mol. The maximum Gasteiger partial charge on any atom is 0.164 e. The van der Waals surface area contributed by atoms with E-state index < -0.39 is 5.41 Å². The van der Waals surface area contributed by atoms with E-state index in [1.165, 1.54) is 44.2 Å². The van der Waals surface area contributed by atoms with E-state index in [1.807, 2.05) is 72.8 Å². The number of aromatic nitrogens is 3. The highest BCUT2D eigenvalue weighted by atomic mass is 16.3. The molecule has 0 N–H and O–H groups in total. The van der Waals surface area contributed by atoms with E-state index >= 15 is 0 Å². The molecule has 0 saturated heterocycles. The van der Waals surface area contributed by atoms with Gasteiger partial charge in [0.1, 0.15) is 11.2 Å². The van der Waals surface area contributed by atoms with Crippen LogP contribution in [-0.4, -0.2) is 15.0 Å². The molecule has 252 valence electrons. The Balaban J connectivity index is 1.15. The van der Waals surface area contributed by atoms with E-state index in [0.29, 0.717) is 17.5 Å². The molecule has 1 aliphatic carbocycles. The van der Waals surface area contributed by atoms with Gasteiger partial charge in [-0.05, 0) is 74.5 Å². The van der Waals surface area contributed by atoms with Crippen LogP contribution in [0.1, 0.15) is 22.3 Å². The predicted octanol–water partition coefficient (Wildman–Crippen LogP) is 12.3. The van der Waals surface area contributed by atoms with Gasteiger partial charge in [0.25, 0.3) is 0 Å². The van der Waals surface area contributed by atoms with Crippen molar-refractivity contribution in [2.45, 2.75) is 5.41 Å². The summed E-state index contributed by atoms with van der Waals surface area (Å²) in [6, 6.07) is 66.4. The predicted molar refractivity (Wildman–Crippen MR) is 218 cm³/mol. The lowest BCUT2D eigenvalue weighted by Crippen LogP contribution is -2.28. The third kappa shape index (κ3) is 4.53. The fraction of sp³-hybridized carbons (Fsp3) is 0.0200. The average molecular weight is 690 g/mol. The first-order valence-electron chi connectivity index (χ1n) is 18.3. The Morgan fingerprint density at radius 1 is 0.370 bits per heavy atom. The normalized spacial score (nSPS) is 14.7. The van der Waals surface area contributed by atoms with Gasteiger partial charge >= 0.3 is 0 Å². The molecule has 8 aromatic carbocycles. The van der Waals surface area contributed by atoms with Gasteiger partial charge in [0, 0.05) is 27.5 Å². The van der Waals surface area contributed by atoms with Gasteiger partial charge in [0.15, 0.2) is 17.5 Å². The summed E-state index contributed by atoms with van der Waals surface area (Å²) in [5, 5.41) is 4.57. The molecular weight excluding hydrogens is 659 g/mol. The molecule has 4 nitrogen and oxygen atoms in total. The quantitative estimate of drug-likeness (QED) is 0.180.